The van der Waals surface area contributed by atoms with E-state index in [2.05, 4.69) is 32.2 Å². The van der Waals surface area contributed by atoms with Crippen molar-refractivity contribution in [3.05, 3.63) is 47.9 Å². The van der Waals surface area contributed by atoms with Crippen molar-refractivity contribution in [2.24, 2.45) is 11.8 Å². The molecule has 8 heteroatoms. The molecule has 0 saturated carbocycles. The van der Waals surface area contributed by atoms with E-state index in [-0.39, 0.29) is 6.42 Å². The number of carboxylic acid groups (broad SMARTS) is 1. The second kappa shape index (κ2) is 13.1. The molecule has 1 fully saturated rings. The molecule has 3 aromatic rings. The average molecular weight is 511 g/mol. The predicted molar refractivity (Wildman–Crippen MR) is 145 cm³/mol. The molecule has 7 nitrogen and oxygen atoms in total. The first kappa shape index (κ1) is 26.5. The maximum atomic E-state index is 11.3. The minimum Gasteiger partial charge on any atom is -0.497 e. The highest BCUT2D eigenvalue weighted by atomic mass is 32.2. The van der Waals surface area contributed by atoms with Crippen LogP contribution in [-0.2, 0) is 11.2 Å². The fourth-order valence-corrected chi connectivity index (χ4v) is 6.30. The Morgan fingerprint density at radius 1 is 1.25 bits per heavy atom. The Kier molecular flexibility index (Phi) is 9.64. The molecule has 2 aromatic heterocycles. The number of aliphatic carboxylic acids is 1. The predicted octanol–water partition coefficient (Wildman–Crippen LogP) is 5.58. The second-order valence-electron chi connectivity index (χ2n) is 9.82. The number of aromatic nitrogens is 3. The standard InChI is InChI=1S/C28H38N4O3S/c1-20-27(18-30-31-20)36-16-4-14-32-15-12-21(23(19-32)7-10-28(33)34)5-3-6-22-11-13-29-26-9-8-24(35-2)17-25(22)26/h8-9,11,13,17-18,21,23H,3-7,10,12,14-16,19H2,1-2H3,(H,30,31)(H,33,34). The highest BCUT2D eigenvalue weighted by molar-refractivity contribution is 7.99. The molecule has 2 atom stereocenters. The van der Waals surface area contributed by atoms with Gasteiger partial charge in [0.25, 0.3) is 0 Å². The summed E-state index contributed by atoms with van der Waals surface area (Å²) >= 11 is 1.86. The second-order valence-corrected chi connectivity index (χ2v) is 11.0. The van der Waals surface area contributed by atoms with Crippen molar-refractivity contribution in [2.45, 2.75) is 56.8 Å². The SMILES string of the molecule is COc1ccc2nccc(CCCC3CCN(CCCSc4c[nH]nc4C)CC3CCC(=O)O)c2c1. The lowest BCUT2D eigenvalue weighted by Crippen LogP contribution is -2.41. The van der Waals surface area contributed by atoms with E-state index < -0.39 is 5.97 Å². The quantitative estimate of drug-likeness (QED) is 0.229. The monoisotopic (exact) mass is 510 g/mol. The van der Waals surface area contributed by atoms with Gasteiger partial charge in [-0.3, -0.25) is 14.9 Å². The number of methoxy groups -OCH3 is 1. The fraction of sp³-hybridized carbons (Fsp3) is 0.536. The molecule has 0 radical (unpaired) electrons. The molecular formula is C28H38N4O3S. The van der Waals surface area contributed by atoms with Gasteiger partial charge in [-0.25, -0.2) is 0 Å². The molecule has 194 valence electrons. The number of nitrogens with zero attached hydrogens (tertiary/aromatic N) is 3. The third-order valence-corrected chi connectivity index (χ3v) is 8.64. The number of piperidine rings is 1. The lowest BCUT2D eigenvalue weighted by molar-refractivity contribution is -0.137. The third kappa shape index (κ3) is 7.23. The molecule has 1 aromatic carbocycles. The Morgan fingerprint density at radius 3 is 2.92 bits per heavy atom. The van der Waals surface area contributed by atoms with E-state index in [1.165, 1.54) is 10.5 Å². The number of hydrogen-bond acceptors (Lipinski definition) is 6. The van der Waals surface area contributed by atoms with Crippen LogP contribution in [0.1, 0.15) is 49.8 Å². The molecule has 1 saturated heterocycles. The van der Waals surface area contributed by atoms with Crippen molar-refractivity contribution in [3.8, 4) is 5.75 Å². The number of carbonyl (C=O) groups is 1. The molecule has 0 amide bonds. The molecule has 0 spiro atoms. The first-order valence-corrected chi connectivity index (χ1v) is 14.0. The third-order valence-electron chi connectivity index (χ3n) is 7.43. The van der Waals surface area contributed by atoms with E-state index in [1.807, 2.05) is 43.2 Å². The van der Waals surface area contributed by atoms with Crippen LogP contribution in [0.3, 0.4) is 0 Å². The van der Waals surface area contributed by atoms with Crippen molar-refractivity contribution in [1.82, 2.24) is 20.1 Å². The largest absolute Gasteiger partial charge is 0.497 e. The van der Waals surface area contributed by atoms with Gasteiger partial charge in [0.05, 0.1) is 18.3 Å². The van der Waals surface area contributed by atoms with Crippen LogP contribution in [0, 0.1) is 18.8 Å². The normalized spacial score (nSPS) is 18.5. The summed E-state index contributed by atoms with van der Waals surface area (Å²) in [6, 6.07) is 8.18. The molecule has 4 rings (SSSR count). The highest BCUT2D eigenvalue weighted by Gasteiger charge is 2.29. The summed E-state index contributed by atoms with van der Waals surface area (Å²) < 4.78 is 5.42. The number of carboxylic acids is 1. The molecule has 3 heterocycles. The van der Waals surface area contributed by atoms with E-state index in [0.29, 0.717) is 11.8 Å². The Morgan fingerprint density at radius 2 is 2.14 bits per heavy atom. The number of pyridine rings is 1. The number of nitrogens with one attached hydrogen (secondary N) is 1. The smallest absolute Gasteiger partial charge is 0.303 e. The van der Waals surface area contributed by atoms with Gasteiger partial charge in [-0.05, 0) is 106 Å². The molecule has 1 aliphatic heterocycles. The molecule has 2 N–H and O–H groups in total. The number of hydrogen-bond donors (Lipinski definition) is 2. The van der Waals surface area contributed by atoms with Gasteiger partial charge in [0.2, 0.25) is 0 Å². The summed E-state index contributed by atoms with van der Waals surface area (Å²) in [5.74, 6) is 2.29. The van der Waals surface area contributed by atoms with Crippen LogP contribution in [0.5, 0.6) is 5.75 Å². The summed E-state index contributed by atoms with van der Waals surface area (Å²) in [5, 5.41) is 17.6. The minimum absolute atomic E-state index is 0.263. The number of thioether (sulfide) groups is 1. The van der Waals surface area contributed by atoms with E-state index >= 15 is 0 Å². The Balaban J connectivity index is 1.29. The molecule has 0 bridgehead atoms. The number of rotatable bonds is 13. The minimum atomic E-state index is -0.685. The molecule has 36 heavy (non-hydrogen) atoms. The van der Waals surface area contributed by atoms with Crippen LogP contribution in [0.2, 0.25) is 0 Å². The van der Waals surface area contributed by atoms with Crippen LogP contribution in [0.15, 0.2) is 41.6 Å². The van der Waals surface area contributed by atoms with Crippen LogP contribution in [0.25, 0.3) is 10.9 Å². The lowest BCUT2D eigenvalue weighted by Gasteiger charge is -2.39. The Bertz CT molecular complexity index is 1130. The number of ether oxygens (including phenoxy) is 1. The fourth-order valence-electron chi connectivity index (χ4n) is 5.42. The summed E-state index contributed by atoms with van der Waals surface area (Å²) in [7, 11) is 1.69. The van der Waals surface area contributed by atoms with Gasteiger partial charge < -0.3 is 14.7 Å². The van der Waals surface area contributed by atoms with E-state index in [1.54, 1.807) is 7.11 Å². The van der Waals surface area contributed by atoms with Gasteiger partial charge >= 0.3 is 5.97 Å². The Hall–Kier alpha value is -2.58. The van der Waals surface area contributed by atoms with Crippen molar-refractivity contribution < 1.29 is 14.6 Å². The van der Waals surface area contributed by atoms with Crippen molar-refractivity contribution in [2.75, 3.05) is 32.5 Å². The van der Waals surface area contributed by atoms with E-state index in [9.17, 15) is 9.90 Å². The Labute approximate surface area is 218 Å². The summed E-state index contributed by atoms with van der Waals surface area (Å²) in [6.07, 6.45) is 10.4. The topological polar surface area (TPSA) is 91.3 Å². The van der Waals surface area contributed by atoms with Gasteiger partial charge in [-0.2, -0.15) is 5.10 Å². The summed E-state index contributed by atoms with van der Waals surface area (Å²) in [4.78, 5) is 19.6. The first-order valence-electron chi connectivity index (χ1n) is 13.0. The van der Waals surface area contributed by atoms with Crippen LogP contribution in [0.4, 0.5) is 0 Å². The number of fused-ring (bicyclic) bond motifs is 1. The van der Waals surface area contributed by atoms with Crippen LogP contribution >= 0.6 is 11.8 Å². The van der Waals surface area contributed by atoms with E-state index in [0.717, 1.165) is 86.3 Å². The van der Waals surface area contributed by atoms with Crippen LogP contribution in [-0.4, -0.2) is 63.7 Å². The van der Waals surface area contributed by atoms with Crippen molar-refractivity contribution in [3.63, 3.8) is 0 Å². The molecule has 0 aliphatic carbocycles. The number of aromatic amines is 1. The van der Waals surface area contributed by atoms with Crippen LogP contribution < -0.4 is 4.74 Å². The maximum Gasteiger partial charge on any atom is 0.303 e. The average Bonchev–Trinajstić information content (AvgIpc) is 3.30. The maximum absolute atomic E-state index is 11.3. The number of aryl methyl sites for hydroxylation is 2. The number of benzene rings is 1. The molecular weight excluding hydrogens is 472 g/mol. The zero-order valence-electron chi connectivity index (χ0n) is 21.4. The number of H-pyrrole nitrogens is 1. The number of likely N-dealkylation sites (tertiary alicyclic amines) is 1. The zero-order valence-corrected chi connectivity index (χ0v) is 22.2. The van der Waals surface area contributed by atoms with Crippen molar-refractivity contribution in [1.29, 1.82) is 0 Å². The molecule has 2 unspecified atom stereocenters. The lowest BCUT2D eigenvalue weighted by atomic mass is 9.79. The van der Waals surface area contributed by atoms with Gasteiger partial charge in [-0.15, -0.1) is 11.8 Å². The zero-order chi connectivity index (χ0) is 25.3. The van der Waals surface area contributed by atoms with E-state index in [4.69, 9.17) is 4.74 Å². The first-order chi connectivity index (χ1) is 17.5. The van der Waals surface area contributed by atoms with Gasteiger partial charge in [0, 0.05) is 35.6 Å². The summed E-state index contributed by atoms with van der Waals surface area (Å²) in [6.45, 7) is 5.23. The summed E-state index contributed by atoms with van der Waals surface area (Å²) in [5.41, 5.74) is 3.37. The van der Waals surface area contributed by atoms with Gasteiger partial charge in [0.15, 0.2) is 0 Å². The van der Waals surface area contributed by atoms with Crippen molar-refractivity contribution >= 4 is 28.6 Å². The highest BCUT2D eigenvalue weighted by Crippen LogP contribution is 2.32. The van der Waals surface area contributed by atoms with Gasteiger partial charge in [0.1, 0.15) is 5.75 Å². The van der Waals surface area contributed by atoms with Gasteiger partial charge in [-0.1, -0.05) is 0 Å². The molecule has 1 aliphatic rings.